The van der Waals surface area contributed by atoms with E-state index in [0.717, 1.165) is 23.3 Å². The lowest BCUT2D eigenvalue weighted by atomic mass is 9.98. The molecule has 0 saturated heterocycles. The molecule has 0 spiro atoms. The highest BCUT2D eigenvalue weighted by Gasteiger charge is 2.20. The molecule has 3 nitrogen and oxygen atoms in total. The third-order valence-corrected chi connectivity index (χ3v) is 2.90. The van der Waals surface area contributed by atoms with Crippen molar-refractivity contribution in [2.24, 2.45) is 0 Å². The predicted octanol–water partition coefficient (Wildman–Crippen LogP) is 2.04. The Hall–Kier alpha value is -1.06. The number of benzene rings is 1. The van der Waals surface area contributed by atoms with Gasteiger partial charge in [0.1, 0.15) is 5.75 Å². The topological polar surface area (TPSA) is 41.5 Å². The number of aliphatic hydroxyl groups is 1. The number of aliphatic hydroxyl groups excluding tert-OH is 1. The van der Waals surface area contributed by atoms with Gasteiger partial charge < -0.3 is 15.2 Å². The Balaban J connectivity index is 3.04. The Morgan fingerprint density at radius 1 is 1.44 bits per heavy atom. The highest BCUT2D eigenvalue weighted by molar-refractivity contribution is 5.39. The second-order valence-corrected chi connectivity index (χ2v) is 3.99. The van der Waals surface area contributed by atoms with Gasteiger partial charge in [-0.15, -0.1) is 0 Å². The van der Waals surface area contributed by atoms with Gasteiger partial charge in [0.05, 0.1) is 13.2 Å². The summed E-state index contributed by atoms with van der Waals surface area (Å²) < 4.78 is 5.27. The smallest absolute Gasteiger partial charge is 0.124 e. The van der Waals surface area contributed by atoms with Crippen LogP contribution in [0.1, 0.15) is 30.6 Å². The maximum absolute atomic E-state index is 10.3. The summed E-state index contributed by atoms with van der Waals surface area (Å²) >= 11 is 0. The van der Waals surface area contributed by atoms with Gasteiger partial charge in [0, 0.05) is 11.6 Å². The molecule has 1 aromatic carbocycles. The van der Waals surface area contributed by atoms with Crippen LogP contribution in [0.3, 0.4) is 0 Å². The van der Waals surface area contributed by atoms with E-state index in [1.54, 1.807) is 7.11 Å². The minimum atomic E-state index is -0.537. The van der Waals surface area contributed by atoms with Crippen LogP contribution in [-0.4, -0.2) is 25.3 Å². The number of ether oxygens (including phenoxy) is 1. The molecule has 3 heteroatoms. The molecule has 2 unspecified atom stereocenters. The first-order chi connectivity index (χ1) is 7.63. The maximum atomic E-state index is 10.3. The first kappa shape index (κ1) is 13.0. The third kappa shape index (κ3) is 2.74. The molecule has 0 aliphatic heterocycles. The Morgan fingerprint density at radius 3 is 2.62 bits per heavy atom. The molecular weight excluding hydrogens is 202 g/mol. The fourth-order valence-corrected chi connectivity index (χ4v) is 1.89. The van der Waals surface area contributed by atoms with Crippen molar-refractivity contribution in [1.29, 1.82) is 0 Å². The fourth-order valence-electron chi connectivity index (χ4n) is 1.89. The average molecular weight is 223 g/mol. The molecule has 90 valence electrons. The zero-order chi connectivity index (χ0) is 12.1. The highest BCUT2D eigenvalue weighted by Crippen LogP contribution is 2.29. The van der Waals surface area contributed by atoms with E-state index in [4.69, 9.17) is 4.74 Å². The molecule has 2 N–H and O–H groups in total. The predicted molar refractivity (Wildman–Crippen MR) is 65.8 cm³/mol. The minimum absolute atomic E-state index is 0.0516. The van der Waals surface area contributed by atoms with Crippen molar-refractivity contribution < 1.29 is 9.84 Å². The van der Waals surface area contributed by atoms with E-state index in [2.05, 4.69) is 5.32 Å². The molecule has 0 aliphatic rings. The van der Waals surface area contributed by atoms with Gasteiger partial charge in [-0.1, -0.05) is 18.6 Å². The molecule has 2 atom stereocenters. The Morgan fingerprint density at radius 2 is 2.12 bits per heavy atom. The second-order valence-electron chi connectivity index (χ2n) is 3.99. The summed E-state index contributed by atoms with van der Waals surface area (Å²) in [7, 11) is 3.49. The fraction of sp³-hybridized carbons (Fsp3) is 0.538. The van der Waals surface area contributed by atoms with Crippen molar-refractivity contribution >= 4 is 0 Å². The van der Waals surface area contributed by atoms with Crippen LogP contribution >= 0.6 is 0 Å². The van der Waals surface area contributed by atoms with Gasteiger partial charge >= 0.3 is 0 Å². The average Bonchev–Trinajstić information content (AvgIpc) is 2.30. The van der Waals surface area contributed by atoms with Crippen LogP contribution in [0.15, 0.2) is 18.2 Å². The molecule has 0 radical (unpaired) electrons. The van der Waals surface area contributed by atoms with Gasteiger partial charge in [-0.05, 0) is 32.5 Å². The Bertz CT molecular complexity index is 335. The van der Waals surface area contributed by atoms with Crippen LogP contribution in [0.5, 0.6) is 5.75 Å². The van der Waals surface area contributed by atoms with E-state index in [-0.39, 0.29) is 6.04 Å². The number of methoxy groups -OCH3 is 1. The largest absolute Gasteiger partial charge is 0.496 e. The van der Waals surface area contributed by atoms with Crippen molar-refractivity contribution in [3.8, 4) is 5.75 Å². The molecule has 16 heavy (non-hydrogen) atoms. The summed E-state index contributed by atoms with van der Waals surface area (Å²) in [5.41, 5.74) is 1.98. The van der Waals surface area contributed by atoms with Gasteiger partial charge in [-0.2, -0.15) is 0 Å². The van der Waals surface area contributed by atoms with E-state index in [1.807, 2.05) is 39.1 Å². The van der Waals surface area contributed by atoms with Crippen molar-refractivity contribution in [2.75, 3.05) is 14.2 Å². The quantitative estimate of drug-likeness (QED) is 0.802. The Kier molecular flexibility index (Phi) is 4.77. The third-order valence-electron chi connectivity index (χ3n) is 2.90. The molecule has 0 fully saturated rings. The lowest BCUT2D eigenvalue weighted by molar-refractivity contribution is 0.127. The molecular formula is C13H21NO2. The summed E-state index contributed by atoms with van der Waals surface area (Å²) in [6, 6.07) is 5.91. The monoisotopic (exact) mass is 223 g/mol. The zero-order valence-electron chi connectivity index (χ0n) is 10.4. The molecule has 0 aliphatic carbocycles. The summed E-state index contributed by atoms with van der Waals surface area (Å²) in [5.74, 6) is 0.742. The zero-order valence-corrected chi connectivity index (χ0v) is 10.4. The lowest BCUT2D eigenvalue weighted by Crippen LogP contribution is -2.31. The van der Waals surface area contributed by atoms with E-state index in [9.17, 15) is 5.11 Å². The SMILES string of the molecule is CCC(NC)C(O)c1cc(C)ccc1OC. The van der Waals surface area contributed by atoms with Crippen molar-refractivity contribution in [3.63, 3.8) is 0 Å². The van der Waals surface area contributed by atoms with Crippen LogP contribution in [0.4, 0.5) is 0 Å². The summed E-state index contributed by atoms with van der Waals surface area (Å²) in [4.78, 5) is 0. The number of rotatable bonds is 5. The van der Waals surface area contributed by atoms with Crippen molar-refractivity contribution in [3.05, 3.63) is 29.3 Å². The van der Waals surface area contributed by atoms with Crippen LogP contribution < -0.4 is 10.1 Å². The summed E-state index contributed by atoms with van der Waals surface area (Å²) in [5, 5.41) is 13.4. The molecule has 0 saturated carbocycles. The van der Waals surface area contributed by atoms with Crippen LogP contribution in [0.25, 0.3) is 0 Å². The van der Waals surface area contributed by atoms with Crippen LogP contribution in [0.2, 0.25) is 0 Å². The van der Waals surface area contributed by atoms with Crippen molar-refractivity contribution in [1.82, 2.24) is 5.32 Å². The standard InChI is InChI=1S/C13H21NO2/c1-5-11(14-3)13(15)10-8-9(2)6-7-12(10)16-4/h6-8,11,13-15H,5H2,1-4H3. The minimum Gasteiger partial charge on any atom is -0.496 e. The summed E-state index contributed by atoms with van der Waals surface area (Å²) in [6.07, 6.45) is 0.333. The number of hydrogen-bond donors (Lipinski definition) is 2. The number of aryl methyl sites for hydroxylation is 1. The number of hydrogen-bond acceptors (Lipinski definition) is 3. The molecule has 0 bridgehead atoms. The lowest BCUT2D eigenvalue weighted by Gasteiger charge is -2.23. The van der Waals surface area contributed by atoms with Crippen LogP contribution in [0, 0.1) is 6.92 Å². The molecule has 0 amide bonds. The normalized spacial score (nSPS) is 14.6. The highest BCUT2D eigenvalue weighted by atomic mass is 16.5. The maximum Gasteiger partial charge on any atom is 0.124 e. The molecule has 1 rings (SSSR count). The summed E-state index contributed by atoms with van der Waals surface area (Å²) in [6.45, 7) is 4.06. The van der Waals surface area contributed by atoms with E-state index >= 15 is 0 Å². The van der Waals surface area contributed by atoms with Gasteiger partial charge in [0.15, 0.2) is 0 Å². The van der Waals surface area contributed by atoms with E-state index < -0.39 is 6.10 Å². The van der Waals surface area contributed by atoms with E-state index in [1.165, 1.54) is 0 Å². The first-order valence-corrected chi connectivity index (χ1v) is 5.63. The molecule has 0 aromatic heterocycles. The second kappa shape index (κ2) is 5.87. The van der Waals surface area contributed by atoms with E-state index in [0.29, 0.717) is 0 Å². The molecule has 0 heterocycles. The number of nitrogens with one attached hydrogen (secondary N) is 1. The van der Waals surface area contributed by atoms with Gasteiger partial charge in [-0.25, -0.2) is 0 Å². The molecule has 1 aromatic rings. The number of likely N-dealkylation sites (N-methyl/N-ethyl adjacent to an activating group) is 1. The van der Waals surface area contributed by atoms with Gasteiger partial charge in [0.25, 0.3) is 0 Å². The van der Waals surface area contributed by atoms with Crippen molar-refractivity contribution in [2.45, 2.75) is 32.4 Å². The Labute approximate surface area is 97.4 Å². The van der Waals surface area contributed by atoms with Gasteiger partial charge in [0.2, 0.25) is 0 Å². The first-order valence-electron chi connectivity index (χ1n) is 5.63. The van der Waals surface area contributed by atoms with Crippen LogP contribution in [-0.2, 0) is 0 Å². The van der Waals surface area contributed by atoms with Gasteiger partial charge in [-0.3, -0.25) is 0 Å².